The number of pyridine rings is 1. The summed E-state index contributed by atoms with van der Waals surface area (Å²) >= 11 is 0. The van der Waals surface area contributed by atoms with Crippen LogP contribution in [0.15, 0.2) is 18.2 Å². The van der Waals surface area contributed by atoms with Gasteiger partial charge in [-0.05, 0) is 58.1 Å². The maximum absolute atomic E-state index is 12.5. The van der Waals surface area contributed by atoms with E-state index in [1.165, 1.54) is 14.2 Å². The van der Waals surface area contributed by atoms with Gasteiger partial charge in [0.1, 0.15) is 0 Å². The molecule has 1 aromatic rings. The molecule has 0 amide bonds. The summed E-state index contributed by atoms with van der Waals surface area (Å²) in [7, 11) is 0.932. The van der Waals surface area contributed by atoms with Crippen LogP contribution in [-0.4, -0.2) is 58.6 Å². The van der Waals surface area contributed by atoms with Gasteiger partial charge in [-0.15, -0.1) is 0 Å². The van der Waals surface area contributed by atoms with Crippen molar-refractivity contribution in [3.05, 3.63) is 23.9 Å². The fourth-order valence-corrected chi connectivity index (χ4v) is 5.98. The molecule has 9 heteroatoms. The Morgan fingerprint density at radius 2 is 1.93 bits per heavy atom. The Labute approximate surface area is 178 Å². The summed E-state index contributed by atoms with van der Waals surface area (Å²) in [6, 6.07) is 5.83. The number of hydrogen-bond donors (Lipinski definition) is 1. The van der Waals surface area contributed by atoms with Gasteiger partial charge in [0.15, 0.2) is 0 Å². The Balaban J connectivity index is 1.58. The number of esters is 1. The van der Waals surface area contributed by atoms with Gasteiger partial charge in [-0.2, -0.15) is 0 Å². The van der Waals surface area contributed by atoms with Gasteiger partial charge in [-0.25, -0.2) is 18.1 Å². The summed E-state index contributed by atoms with van der Waals surface area (Å²) in [5.74, 6) is 0.606. The van der Waals surface area contributed by atoms with Gasteiger partial charge in [0.05, 0.1) is 37.6 Å². The molecule has 2 aliphatic carbocycles. The summed E-state index contributed by atoms with van der Waals surface area (Å²) < 4.78 is 43.2. The summed E-state index contributed by atoms with van der Waals surface area (Å²) in [6.45, 7) is 0.197. The SMILES string of the molecule is CNS(=O)(=O)[C@H]1CC[C@](COC2CCC(c3cccc(OC)n3)CC2)(C(=O)OC)C1. The van der Waals surface area contributed by atoms with Crippen LogP contribution in [0, 0.1) is 5.41 Å². The van der Waals surface area contributed by atoms with Crippen LogP contribution < -0.4 is 9.46 Å². The number of aromatic nitrogens is 1. The third-order valence-electron chi connectivity index (χ3n) is 6.55. The van der Waals surface area contributed by atoms with Crippen LogP contribution in [0.3, 0.4) is 0 Å². The van der Waals surface area contributed by atoms with Crippen LogP contribution in [-0.2, 0) is 24.3 Å². The van der Waals surface area contributed by atoms with E-state index >= 15 is 0 Å². The molecule has 30 heavy (non-hydrogen) atoms. The maximum Gasteiger partial charge on any atom is 0.314 e. The highest BCUT2D eigenvalue weighted by Crippen LogP contribution is 2.43. The Morgan fingerprint density at radius 3 is 2.57 bits per heavy atom. The Hall–Kier alpha value is -1.71. The average Bonchev–Trinajstić information content (AvgIpc) is 3.24. The van der Waals surface area contributed by atoms with Crippen molar-refractivity contribution in [1.29, 1.82) is 0 Å². The molecule has 0 aliphatic heterocycles. The van der Waals surface area contributed by atoms with Crippen LogP contribution in [0.2, 0.25) is 0 Å². The van der Waals surface area contributed by atoms with Crippen LogP contribution in [0.5, 0.6) is 5.88 Å². The molecule has 0 bridgehead atoms. The van der Waals surface area contributed by atoms with E-state index in [0.29, 0.717) is 24.6 Å². The Morgan fingerprint density at radius 1 is 1.20 bits per heavy atom. The highest BCUT2D eigenvalue weighted by atomic mass is 32.2. The number of nitrogens with zero attached hydrogens (tertiary/aromatic N) is 1. The lowest BCUT2D eigenvalue weighted by Crippen LogP contribution is -2.39. The summed E-state index contributed by atoms with van der Waals surface area (Å²) in [5, 5.41) is -0.597. The second-order valence-corrected chi connectivity index (χ2v) is 10.4. The molecule has 1 heterocycles. The lowest BCUT2D eigenvalue weighted by molar-refractivity contribution is -0.158. The first kappa shape index (κ1) is 23.0. The lowest BCUT2D eigenvalue weighted by Gasteiger charge is -2.32. The van der Waals surface area contributed by atoms with Gasteiger partial charge in [0, 0.05) is 17.7 Å². The smallest absolute Gasteiger partial charge is 0.314 e. The number of carbonyl (C=O) groups excluding carboxylic acids is 1. The molecule has 1 aromatic heterocycles. The van der Waals surface area contributed by atoms with E-state index in [9.17, 15) is 13.2 Å². The molecule has 0 unspecified atom stereocenters. The number of rotatable bonds is 8. The molecule has 0 aromatic carbocycles. The van der Waals surface area contributed by atoms with Crippen molar-refractivity contribution in [3.8, 4) is 5.88 Å². The summed E-state index contributed by atoms with van der Waals surface area (Å²) in [6.07, 6.45) is 4.81. The van der Waals surface area contributed by atoms with Crippen molar-refractivity contribution >= 4 is 16.0 Å². The van der Waals surface area contributed by atoms with E-state index in [1.54, 1.807) is 7.11 Å². The van der Waals surface area contributed by atoms with Gasteiger partial charge in [0.25, 0.3) is 0 Å². The molecule has 0 spiro atoms. The normalized spacial score (nSPS) is 29.5. The second-order valence-electron chi connectivity index (χ2n) is 8.28. The van der Waals surface area contributed by atoms with Crippen LogP contribution >= 0.6 is 0 Å². The van der Waals surface area contributed by atoms with Gasteiger partial charge < -0.3 is 14.2 Å². The molecule has 1 N–H and O–H groups in total. The van der Waals surface area contributed by atoms with E-state index in [2.05, 4.69) is 9.71 Å². The minimum atomic E-state index is -3.43. The Kier molecular flexibility index (Phi) is 7.36. The van der Waals surface area contributed by atoms with Gasteiger partial charge in [-0.3, -0.25) is 4.79 Å². The predicted octanol–water partition coefficient (Wildman–Crippen LogP) is 2.39. The summed E-state index contributed by atoms with van der Waals surface area (Å²) in [4.78, 5) is 17.1. The first-order valence-corrected chi connectivity index (χ1v) is 12.0. The number of ether oxygens (including phenoxy) is 3. The molecular formula is C21H32N2O6S. The minimum absolute atomic E-state index is 0.0494. The minimum Gasteiger partial charge on any atom is -0.481 e. The quantitative estimate of drug-likeness (QED) is 0.619. The molecule has 168 valence electrons. The second kappa shape index (κ2) is 9.62. The average molecular weight is 441 g/mol. The van der Waals surface area contributed by atoms with Crippen molar-refractivity contribution in [2.45, 2.75) is 62.2 Å². The highest BCUT2D eigenvalue weighted by molar-refractivity contribution is 7.90. The number of methoxy groups -OCH3 is 2. The number of nitrogens with one attached hydrogen (secondary N) is 1. The van der Waals surface area contributed by atoms with Crippen molar-refractivity contribution < 1.29 is 27.4 Å². The van der Waals surface area contributed by atoms with Crippen LogP contribution in [0.1, 0.15) is 56.6 Å². The van der Waals surface area contributed by atoms with E-state index < -0.39 is 20.7 Å². The summed E-state index contributed by atoms with van der Waals surface area (Å²) in [5.41, 5.74) is 0.142. The topological polar surface area (TPSA) is 104 Å². The maximum atomic E-state index is 12.5. The van der Waals surface area contributed by atoms with E-state index in [-0.39, 0.29) is 25.1 Å². The predicted molar refractivity (Wildman–Crippen MR) is 112 cm³/mol. The molecule has 2 fully saturated rings. The third-order valence-corrected chi connectivity index (χ3v) is 8.40. The van der Waals surface area contributed by atoms with E-state index in [4.69, 9.17) is 14.2 Å². The van der Waals surface area contributed by atoms with Gasteiger partial charge in [0.2, 0.25) is 15.9 Å². The van der Waals surface area contributed by atoms with Crippen molar-refractivity contribution in [2.75, 3.05) is 27.9 Å². The standard InChI is InChI=1S/C21H32N2O6S/c1-22-30(25,26)17-11-12-21(13-17,20(24)28-3)14-29-16-9-7-15(8-10-16)18-5-4-6-19(23-18)27-2/h4-6,15-17,22H,7-14H2,1-3H3/t15?,16?,17-,21-/m0/s1. The fraction of sp³-hybridized carbons (Fsp3) is 0.714. The molecule has 2 aliphatic rings. The zero-order valence-electron chi connectivity index (χ0n) is 17.9. The van der Waals surface area contributed by atoms with Gasteiger partial charge in [-0.1, -0.05) is 6.07 Å². The number of hydrogen-bond acceptors (Lipinski definition) is 7. The lowest BCUT2D eigenvalue weighted by atomic mass is 9.84. The number of carbonyl (C=O) groups is 1. The molecule has 3 rings (SSSR count). The largest absolute Gasteiger partial charge is 0.481 e. The number of sulfonamides is 1. The fourth-order valence-electron chi connectivity index (χ4n) is 4.68. The van der Waals surface area contributed by atoms with Crippen molar-refractivity contribution in [3.63, 3.8) is 0 Å². The van der Waals surface area contributed by atoms with Crippen LogP contribution in [0.25, 0.3) is 0 Å². The molecule has 2 atom stereocenters. The first-order valence-electron chi connectivity index (χ1n) is 10.5. The third kappa shape index (κ3) is 4.95. The van der Waals surface area contributed by atoms with Crippen molar-refractivity contribution in [1.82, 2.24) is 9.71 Å². The zero-order chi connectivity index (χ0) is 21.8. The highest BCUT2D eigenvalue weighted by Gasteiger charge is 2.50. The zero-order valence-corrected chi connectivity index (χ0v) is 18.7. The van der Waals surface area contributed by atoms with Crippen LogP contribution in [0.4, 0.5) is 0 Å². The molecule has 2 saturated carbocycles. The first-order chi connectivity index (χ1) is 14.3. The molecule has 8 nitrogen and oxygen atoms in total. The van der Waals surface area contributed by atoms with Crippen molar-refractivity contribution in [2.24, 2.45) is 5.41 Å². The molecule has 0 saturated heterocycles. The monoisotopic (exact) mass is 440 g/mol. The van der Waals surface area contributed by atoms with E-state index in [0.717, 1.165) is 31.4 Å². The molecular weight excluding hydrogens is 408 g/mol. The van der Waals surface area contributed by atoms with E-state index in [1.807, 2.05) is 18.2 Å². The molecule has 0 radical (unpaired) electrons. The van der Waals surface area contributed by atoms with Gasteiger partial charge >= 0.3 is 5.97 Å². The Bertz CT molecular complexity index is 838.